The van der Waals surface area contributed by atoms with Gasteiger partial charge in [0.05, 0.1) is 24.9 Å². The summed E-state index contributed by atoms with van der Waals surface area (Å²) >= 11 is 1.77. The third-order valence-corrected chi connectivity index (χ3v) is 20.5. The molecule has 0 fully saturated rings. The number of carbonyl (C=O) groups excluding carboxylic acids is 2. The van der Waals surface area contributed by atoms with E-state index >= 15 is 0 Å². The molecule has 1 aliphatic carbocycles. The highest BCUT2D eigenvalue weighted by atomic mass is 32.2. The standard InChI is InChI=1S/C39H66O6SSi2/c1-13-14-17-24-31(44-47(9,10)38(2,3)4)26-27-32-33(45-48(11,12)39(5,6)7)29-34(43-37(41)30-22-18-15-19-23-30)36(32)46-28-21-16-20-25-35(40)42-8/h15,18-19,22-23,26-27,31-33H,13-14,16-17,20-21,24-25,28-29H2,1-12H3/t31-,32-,33+/m0/s1. The predicted molar refractivity (Wildman–Crippen MR) is 207 cm³/mol. The maximum atomic E-state index is 13.4. The Bertz CT molecular complexity index is 1210. The smallest absolute Gasteiger partial charge is 0.343 e. The molecule has 9 heteroatoms. The van der Waals surface area contributed by atoms with Gasteiger partial charge >= 0.3 is 11.9 Å². The van der Waals surface area contributed by atoms with Gasteiger partial charge in [-0.05, 0) is 73.4 Å². The highest BCUT2D eigenvalue weighted by Gasteiger charge is 2.45. The number of methoxy groups -OCH3 is 1. The number of rotatable bonds is 19. The Morgan fingerprint density at radius 2 is 1.56 bits per heavy atom. The van der Waals surface area contributed by atoms with Crippen molar-refractivity contribution in [1.82, 2.24) is 0 Å². The van der Waals surface area contributed by atoms with E-state index in [0.717, 1.165) is 48.5 Å². The van der Waals surface area contributed by atoms with Crippen LogP contribution in [0.1, 0.15) is 117 Å². The second-order valence-corrected chi connectivity index (χ2v) is 26.9. The minimum Gasteiger partial charge on any atom is -0.469 e. The van der Waals surface area contributed by atoms with E-state index < -0.39 is 16.6 Å². The zero-order valence-electron chi connectivity index (χ0n) is 32.2. The van der Waals surface area contributed by atoms with Gasteiger partial charge in [-0.15, -0.1) is 11.8 Å². The van der Waals surface area contributed by atoms with Crippen molar-refractivity contribution in [3.05, 3.63) is 58.7 Å². The van der Waals surface area contributed by atoms with Crippen molar-refractivity contribution in [2.75, 3.05) is 12.9 Å². The van der Waals surface area contributed by atoms with Gasteiger partial charge in [-0.3, -0.25) is 4.79 Å². The van der Waals surface area contributed by atoms with Crippen LogP contribution >= 0.6 is 11.8 Å². The number of hydrogen-bond donors (Lipinski definition) is 0. The van der Waals surface area contributed by atoms with Gasteiger partial charge in [-0.1, -0.05) is 105 Å². The first-order chi connectivity index (χ1) is 22.3. The topological polar surface area (TPSA) is 71.1 Å². The summed E-state index contributed by atoms with van der Waals surface area (Å²) in [6.07, 6.45) is 12.6. The summed E-state index contributed by atoms with van der Waals surface area (Å²) in [5.74, 6) is 1.03. The number of thioether (sulfide) groups is 1. The lowest BCUT2D eigenvalue weighted by Gasteiger charge is -2.40. The molecule has 48 heavy (non-hydrogen) atoms. The van der Waals surface area contributed by atoms with E-state index in [1.165, 1.54) is 20.0 Å². The van der Waals surface area contributed by atoms with Gasteiger partial charge in [0.2, 0.25) is 0 Å². The van der Waals surface area contributed by atoms with Gasteiger partial charge in [0.1, 0.15) is 5.76 Å². The van der Waals surface area contributed by atoms with Gasteiger partial charge in [0.25, 0.3) is 0 Å². The van der Waals surface area contributed by atoms with E-state index in [1.54, 1.807) is 23.9 Å². The fraction of sp³-hybridized carbons (Fsp3) is 0.692. The number of hydrogen-bond acceptors (Lipinski definition) is 7. The molecular formula is C39H66O6SSi2. The molecule has 1 aromatic carbocycles. The van der Waals surface area contributed by atoms with Gasteiger partial charge in [0, 0.05) is 23.7 Å². The third-order valence-electron chi connectivity index (χ3n) is 10.2. The van der Waals surface area contributed by atoms with E-state index in [4.69, 9.17) is 18.3 Å². The summed E-state index contributed by atoms with van der Waals surface area (Å²) in [7, 11) is -2.74. The fourth-order valence-corrected chi connectivity index (χ4v) is 9.01. The maximum absolute atomic E-state index is 13.4. The third kappa shape index (κ3) is 13.2. The molecule has 0 bridgehead atoms. The van der Waals surface area contributed by atoms with E-state index in [9.17, 15) is 9.59 Å². The van der Waals surface area contributed by atoms with Crippen molar-refractivity contribution in [3.63, 3.8) is 0 Å². The van der Waals surface area contributed by atoms with Crippen molar-refractivity contribution in [3.8, 4) is 0 Å². The first kappa shape index (κ1) is 42.5. The molecule has 272 valence electrons. The molecule has 0 saturated carbocycles. The summed E-state index contributed by atoms with van der Waals surface area (Å²) in [5.41, 5.74) is 0.539. The molecule has 0 N–H and O–H groups in total. The van der Waals surface area contributed by atoms with E-state index in [1.807, 2.05) is 18.2 Å². The van der Waals surface area contributed by atoms with Crippen LogP contribution in [0.25, 0.3) is 0 Å². The monoisotopic (exact) mass is 718 g/mol. The minimum atomic E-state index is -2.16. The summed E-state index contributed by atoms with van der Waals surface area (Å²) in [5, 5.41) is 0.143. The average molecular weight is 719 g/mol. The van der Waals surface area contributed by atoms with Crippen molar-refractivity contribution in [1.29, 1.82) is 0 Å². The van der Waals surface area contributed by atoms with Crippen LogP contribution in [0.3, 0.4) is 0 Å². The van der Waals surface area contributed by atoms with Crippen LogP contribution < -0.4 is 0 Å². The highest BCUT2D eigenvalue weighted by Crippen LogP contribution is 2.47. The van der Waals surface area contributed by atoms with Crippen LogP contribution in [0.5, 0.6) is 0 Å². The number of unbranched alkanes of at least 4 members (excludes halogenated alkanes) is 4. The van der Waals surface area contributed by atoms with Gasteiger partial charge in [-0.25, -0.2) is 4.79 Å². The Kier molecular flexibility index (Phi) is 16.9. The molecule has 0 radical (unpaired) electrons. The molecule has 6 nitrogen and oxygen atoms in total. The molecule has 0 amide bonds. The van der Waals surface area contributed by atoms with Gasteiger partial charge < -0.3 is 18.3 Å². The van der Waals surface area contributed by atoms with Gasteiger partial charge in [-0.2, -0.15) is 0 Å². The normalized spacial score (nSPS) is 18.4. The zero-order valence-corrected chi connectivity index (χ0v) is 35.0. The van der Waals surface area contributed by atoms with Crippen molar-refractivity contribution in [2.45, 2.75) is 155 Å². The maximum Gasteiger partial charge on any atom is 0.343 e. The Balaban J connectivity index is 2.51. The first-order valence-corrected chi connectivity index (χ1v) is 24.9. The van der Waals surface area contributed by atoms with Crippen LogP contribution in [-0.2, 0) is 23.1 Å². The first-order valence-electron chi connectivity index (χ1n) is 18.1. The fourth-order valence-electron chi connectivity index (χ4n) is 5.08. The van der Waals surface area contributed by atoms with Crippen LogP contribution in [0.15, 0.2) is 53.1 Å². The molecule has 0 spiro atoms. The number of esters is 2. The SMILES string of the molecule is CCCCC[C@@H](C=C[C@@H]1C(SCCCCCC(=O)OC)=C(OC(=O)c2ccccc2)C[C@H]1O[Si](C)(C)C(C)(C)C)O[Si](C)(C)C(C)(C)C. The molecule has 0 aliphatic heterocycles. The second-order valence-electron chi connectivity index (χ2n) is 16.2. The van der Waals surface area contributed by atoms with Crippen molar-refractivity contribution < 1.29 is 27.9 Å². The molecule has 2 rings (SSSR count). The largest absolute Gasteiger partial charge is 0.469 e. The Labute approximate surface area is 299 Å². The van der Waals surface area contributed by atoms with Crippen LogP contribution in [0.2, 0.25) is 36.3 Å². The molecular weight excluding hydrogens is 653 g/mol. The predicted octanol–water partition coefficient (Wildman–Crippen LogP) is 11.5. The summed E-state index contributed by atoms with van der Waals surface area (Å²) in [6.45, 7) is 25.2. The van der Waals surface area contributed by atoms with Crippen molar-refractivity contribution >= 4 is 40.3 Å². The lowest BCUT2D eigenvalue weighted by molar-refractivity contribution is -0.140. The number of ether oxygens (including phenoxy) is 2. The second kappa shape index (κ2) is 19.1. The van der Waals surface area contributed by atoms with Crippen LogP contribution in [-0.4, -0.2) is 53.6 Å². The zero-order chi connectivity index (χ0) is 36.2. The number of carbonyl (C=O) groups is 2. The van der Waals surface area contributed by atoms with Crippen LogP contribution in [0, 0.1) is 5.92 Å². The Morgan fingerprint density at radius 1 is 0.917 bits per heavy atom. The highest BCUT2D eigenvalue weighted by molar-refractivity contribution is 8.03. The molecule has 0 aromatic heterocycles. The van der Waals surface area contributed by atoms with Crippen molar-refractivity contribution in [2.24, 2.45) is 5.92 Å². The van der Waals surface area contributed by atoms with E-state index in [2.05, 4.69) is 86.8 Å². The number of benzene rings is 1. The molecule has 0 saturated heterocycles. The molecule has 1 aromatic rings. The summed E-state index contributed by atoms with van der Waals surface area (Å²) in [4.78, 5) is 26.1. The quantitative estimate of drug-likeness (QED) is 0.0610. The van der Waals surface area contributed by atoms with E-state index in [0.29, 0.717) is 18.4 Å². The summed E-state index contributed by atoms with van der Waals surface area (Å²) < 4.78 is 25.2. The Hall–Kier alpha value is -1.66. The minimum absolute atomic E-state index is 0.0199. The van der Waals surface area contributed by atoms with Crippen LogP contribution in [0.4, 0.5) is 0 Å². The molecule has 1 aliphatic rings. The average Bonchev–Trinajstić information content (AvgIpc) is 3.30. The molecule has 3 atom stereocenters. The lowest BCUT2D eigenvalue weighted by Crippen LogP contribution is -2.45. The summed E-state index contributed by atoms with van der Waals surface area (Å²) in [6, 6.07) is 9.22. The Morgan fingerprint density at radius 3 is 2.15 bits per heavy atom. The lowest BCUT2D eigenvalue weighted by atomic mass is 10.0. The van der Waals surface area contributed by atoms with Gasteiger partial charge in [0.15, 0.2) is 16.6 Å². The molecule has 0 unspecified atom stereocenters. The molecule has 0 heterocycles. The van der Waals surface area contributed by atoms with E-state index in [-0.39, 0.29) is 40.1 Å².